The number of rotatable bonds is 2. The van der Waals surface area contributed by atoms with Gasteiger partial charge < -0.3 is 5.11 Å². The van der Waals surface area contributed by atoms with Gasteiger partial charge in [-0.3, -0.25) is 0 Å². The Morgan fingerprint density at radius 1 is 1.50 bits per heavy atom. The van der Waals surface area contributed by atoms with Crippen LogP contribution in [0, 0.1) is 6.92 Å². The lowest BCUT2D eigenvalue weighted by atomic mass is 10.1. The second-order valence-corrected chi connectivity index (χ2v) is 4.00. The van der Waals surface area contributed by atoms with Gasteiger partial charge in [0.1, 0.15) is 0 Å². The fraction of sp³-hybridized carbons (Fsp3) is 0.400. The highest BCUT2D eigenvalue weighted by atomic mass is 79.9. The fourth-order valence-corrected chi connectivity index (χ4v) is 1.59. The van der Waals surface area contributed by atoms with Crippen LogP contribution in [0.15, 0.2) is 22.7 Å². The van der Waals surface area contributed by atoms with Crippen molar-refractivity contribution < 1.29 is 5.11 Å². The van der Waals surface area contributed by atoms with Gasteiger partial charge in [-0.2, -0.15) is 0 Å². The van der Waals surface area contributed by atoms with Gasteiger partial charge in [0, 0.05) is 4.47 Å². The third kappa shape index (κ3) is 2.61. The molecule has 0 bridgehead atoms. The van der Waals surface area contributed by atoms with E-state index < -0.39 is 0 Å². The summed E-state index contributed by atoms with van der Waals surface area (Å²) in [6, 6.07) is 6.17. The van der Waals surface area contributed by atoms with E-state index in [0.29, 0.717) is 6.42 Å². The molecule has 0 unspecified atom stereocenters. The summed E-state index contributed by atoms with van der Waals surface area (Å²) in [5.41, 5.74) is 2.40. The van der Waals surface area contributed by atoms with E-state index in [1.54, 1.807) is 6.92 Å². The third-order valence-corrected chi connectivity index (χ3v) is 2.49. The number of aryl methyl sites for hydroxylation is 1. The molecular formula is C10H13BrO. The summed E-state index contributed by atoms with van der Waals surface area (Å²) in [6.07, 6.45) is 0.436. The molecule has 12 heavy (non-hydrogen) atoms. The van der Waals surface area contributed by atoms with Crippen molar-refractivity contribution in [1.82, 2.24) is 0 Å². The van der Waals surface area contributed by atoms with E-state index in [1.165, 1.54) is 11.1 Å². The molecule has 0 fully saturated rings. The molecule has 1 N–H and O–H groups in total. The molecule has 1 rings (SSSR count). The summed E-state index contributed by atoms with van der Waals surface area (Å²) in [7, 11) is 0. The minimum absolute atomic E-state index is 0.275. The predicted octanol–water partition coefficient (Wildman–Crippen LogP) is 2.68. The molecule has 0 saturated heterocycles. The van der Waals surface area contributed by atoms with Crippen molar-refractivity contribution in [3.8, 4) is 0 Å². The first-order valence-corrected chi connectivity index (χ1v) is 4.82. The van der Waals surface area contributed by atoms with Crippen LogP contribution in [0.2, 0.25) is 0 Å². The number of aliphatic hydroxyl groups is 1. The summed E-state index contributed by atoms with van der Waals surface area (Å²) >= 11 is 3.45. The van der Waals surface area contributed by atoms with Crippen LogP contribution in [0.4, 0.5) is 0 Å². The van der Waals surface area contributed by atoms with E-state index in [9.17, 15) is 5.11 Å². The summed E-state index contributed by atoms with van der Waals surface area (Å²) in [5.74, 6) is 0. The largest absolute Gasteiger partial charge is 0.393 e. The molecule has 0 aliphatic rings. The number of hydrogen-bond acceptors (Lipinski definition) is 1. The Morgan fingerprint density at radius 3 is 2.75 bits per heavy atom. The number of hydrogen-bond donors (Lipinski definition) is 1. The average Bonchev–Trinajstić information content (AvgIpc) is 1.96. The molecule has 0 aliphatic heterocycles. The second kappa shape index (κ2) is 4.06. The standard InChI is InChI=1S/C10H13BrO/c1-7-3-4-10(11)9(5-7)6-8(2)12/h3-5,8,12H,6H2,1-2H3/t8-/m1/s1. The lowest BCUT2D eigenvalue weighted by molar-refractivity contribution is 0.195. The monoisotopic (exact) mass is 228 g/mol. The highest BCUT2D eigenvalue weighted by molar-refractivity contribution is 9.10. The smallest absolute Gasteiger partial charge is 0.0552 e. The van der Waals surface area contributed by atoms with Crippen molar-refractivity contribution in [2.24, 2.45) is 0 Å². The lowest BCUT2D eigenvalue weighted by Gasteiger charge is -2.07. The lowest BCUT2D eigenvalue weighted by Crippen LogP contribution is -2.04. The second-order valence-electron chi connectivity index (χ2n) is 3.15. The molecular weight excluding hydrogens is 216 g/mol. The molecule has 0 heterocycles. The van der Waals surface area contributed by atoms with Gasteiger partial charge in [-0.25, -0.2) is 0 Å². The molecule has 0 saturated carbocycles. The molecule has 2 heteroatoms. The van der Waals surface area contributed by atoms with Gasteiger partial charge in [0.15, 0.2) is 0 Å². The van der Waals surface area contributed by atoms with E-state index in [4.69, 9.17) is 0 Å². The quantitative estimate of drug-likeness (QED) is 0.826. The highest BCUT2D eigenvalue weighted by Gasteiger charge is 2.03. The van der Waals surface area contributed by atoms with Crippen LogP contribution in [0.5, 0.6) is 0 Å². The maximum absolute atomic E-state index is 9.20. The zero-order valence-electron chi connectivity index (χ0n) is 7.34. The molecule has 1 aromatic rings. The maximum atomic E-state index is 9.20. The van der Waals surface area contributed by atoms with Crippen molar-refractivity contribution in [2.75, 3.05) is 0 Å². The minimum Gasteiger partial charge on any atom is -0.393 e. The van der Waals surface area contributed by atoms with E-state index in [1.807, 2.05) is 6.07 Å². The van der Waals surface area contributed by atoms with E-state index >= 15 is 0 Å². The van der Waals surface area contributed by atoms with Crippen molar-refractivity contribution in [3.05, 3.63) is 33.8 Å². The molecule has 0 spiro atoms. The Balaban J connectivity index is 2.90. The molecule has 0 amide bonds. The van der Waals surface area contributed by atoms with Gasteiger partial charge in [-0.1, -0.05) is 33.6 Å². The van der Waals surface area contributed by atoms with Crippen LogP contribution in [0.3, 0.4) is 0 Å². The van der Waals surface area contributed by atoms with Gasteiger partial charge >= 0.3 is 0 Å². The zero-order valence-corrected chi connectivity index (χ0v) is 8.93. The first kappa shape index (κ1) is 9.75. The maximum Gasteiger partial charge on any atom is 0.0552 e. The minimum atomic E-state index is -0.275. The van der Waals surface area contributed by atoms with Gasteiger partial charge in [-0.15, -0.1) is 0 Å². The predicted molar refractivity (Wildman–Crippen MR) is 54.3 cm³/mol. The van der Waals surface area contributed by atoms with Crippen molar-refractivity contribution >= 4 is 15.9 Å². The Hall–Kier alpha value is -0.340. The van der Waals surface area contributed by atoms with Gasteiger partial charge in [0.05, 0.1) is 6.10 Å². The summed E-state index contributed by atoms with van der Waals surface area (Å²) in [4.78, 5) is 0. The zero-order chi connectivity index (χ0) is 9.14. The van der Waals surface area contributed by atoms with E-state index in [0.717, 1.165) is 4.47 Å². The van der Waals surface area contributed by atoms with Gasteiger partial charge in [0.25, 0.3) is 0 Å². The van der Waals surface area contributed by atoms with Crippen LogP contribution in [0.25, 0.3) is 0 Å². The molecule has 66 valence electrons. The van der Waals surface area contributed by atoms with Crippen molar-refractivity contribution in [3.63, 3.8) is 0 Å². The molecule has 1 aromatic carbocycles. The normalized spacial score (nSPS) is 13.0. The Labute approximate surface area is 81.6 Å². The summed E-state index contributed by atoms with van der Waals surface area (Å²) < 4.78 is 1.08. The average molecular weight is 229 g/mol. The van der Waals surface area contributed by atoms with Crippen LogP contribution in [-0.4, -0.2) is 11.2 Å². The Kier molecular flexibility index (Phi) is 3.29. The topological polar surface area (TPSA) is 20.2 Å². The number of aliphatic hydroxyl groups excluding tert-OH is 1. The molecule has 0 aromatic heterocycles. The van der Waals surface area contributed by atoms with Crippen LogP contribution in [-0.2, 0) is 6.42 Å². The van der Waals surface area contributed by atoms with Crippen LogP contribution < -0.4 is 0 Å². The molecule has 0 aliphatic carbocycles. The van der Waals surface area contributed by atoms with Crippen LogP contribution >= 0.6 is 15.9 Å². The molecule has 0 radical (unpaired) electrons. The SMILES string of the molecule is Cc1ccc(Br)c(C[C@@H](C)O)c1. The first-order valence-electron chi connectivity index (χ1n) is 4.02. The van der Waals surface area contributed by atoms with Crippen molar-refractivity contribution in [1.29, 1.82) is 0 Å². The molecule has 1 nitrogen and oxygen atoms in total. The van der Waals surface area contributed by atoms with E-state index in [-0.39, 0.29) is 6.10 Å². The van der Waals surface area contributed by atoms with Crippen molar-refractivity contribution in [2.45, 2.75) is 26.4 Å². The Morgan fingerprint density at radius 2 is 2.17 bits per heavy atom. The Bertz CT molecular complexity index is 269. The fourth-order valence-electron chi connectivity index (χ4n) is 1.18. The van der Waals surface area contributed by atoms with E-state index in [2.05, 4.69) is 35.0 Å². The summed E-state index contributed by atoms with van der Waals surface area (Å²) in [6.45, 7) is 3.85. The first-order chi connectivity index (χ1) is 5.59. The van der Waals surface area contributed by atoms with Gasteiger partial charge in [-0.05, 0) is 31.9 Å². The van der Waals surface area contributed by atoms with Crippen LogP contribution in [0.1, 0.15) is 18.1 Å². The summed E-state index contributed by atoms with van der Waals surface area (Å²) in [5, 5.41) is 9.20. The number of halogens is 1. The highest BCUT2D eigenvalue weighted by Crippen LogP contribution is 2.19. The molecule has 1 atom stereocenters. The van der Waals surface area contributed by atoms with Gasteiger partial charge in [0.2, 0.25) is 0 Å². The third-order valence-electron chi connectivity index (χ3n) is 1.72. The number of benzene rings is 1.